The molecule has 0 aliphatic heterocycles. The van der Waals surface area contributed by atoms with Gasteiger partial charge in [0.05, 0.1) is 25.0 Å². The van der Waals surface area contributed by atoms with Gasteiger partial charge in [0.1, 0.15) is 5.82 Å². The molecule has 0 radical (unpaired) electrons. The number of ether oxygens (including phenoxy) is 1. The van der Waals surface area contributed by atoms with Gasteiger partial charge in [0.25, 0.3) is 0 Å². The third-order valence-corrected chi connectivity index (χ3v) is 2.73. The largest absolute Gasteiger partial charge is 0.395 e. The van der Waals surface area contributed by atoms with Gasteiger partial charge in [-0.15, -0.1) is 0 Å². The summed E-state index contributed by atoms with van der Waals surface area (Å²) < 4.78 is 18.9. The van der Waals surface area contributed by atoms with Crippen LogP contribution in [0.2, 0.25) is 0 Å². The lowest BCUT2D eigenvalue weighted by Crippen LogP contribution is -2.30. The average Bonchev–Trinajstić information content (AvgIpc) is 2.34. The Bertz CT molecular complexity index is 371. The lowest BCUT2D eigenvalue weighted by molar-refractivity contribution is 0.198. The topological polar surface area (TPSA) is 52.9 Å². The van der Waals surface area contributed by atoms with E-state index in [0.717, 1.165) is 0 Å². The Morgan fingerprint density at radius 2 is 2.11 bits per heavy atom. The summed E-state index contributed by atoms with van der Waals surface area (Å²) in [5, 5.41) is 18.4. The molecule has 1 rings (SSSR count). The van der Waals surface area contributed by atoms with Crippen molar-refractivity contribution in [2.45, 2.75) is 13.0 Å². The SMILES string of the molecule is COCCN(CCO)c1ccc([C@H](C)O)cc1F. The molecular weight excluding hydrogens is 237 g/mol. The fraction of sp³-hybridized carbons (Fsp3) is 0.538. The first-order valence-electron chi connectivity index (χ1n) is 5.92. The maximum atomic E-state index is 13.9. The van der Waals surface area contributed by atoms with Gasteiger partial charge < -0.3 is 19.8 Å². The zero-order valence-corrected chi connectivity index (χ0v) is 10.8. The lowest BCUT2D eigenvalue weighted by atomic mass is 10.1. The number of nitrogens with zero attached hydrogens (tertiary/aromatic N) is 1. The van der Waals surface area contributed by atoms with Gasteiger partial charge in [-0.2, -0.15) is 0 Å². The van der Waals surface area contributed by atoms with Gasteiger partial charge >= 0.3 is 0 Å². The van der Waals surface area contributed by atoms with Gasteiger partial charge in [0, 0.05) is 20.2 Å². The number of hydrogen-bond donors (Lipinski definition) is 2. The summed E-state index contributed by atoms with van der Waals surface area (Å²) in [7, 11) is 1.57. The highest BCUT2D eigenvalue weighted by Crippen LogP contribution is 2.23. The third-order valence-electron chi connectivity index (χ3n) is 2.73. The van der Waals surface area contributed by atoms with Crippen LogP contribution in [0.1, 0.15) is 18.6 Å². The van der Waals surface area contributed by atoms with Crippen molar-refractivity contribution >= 4 is 5.69 Å². The van der Waals surface area contributed by atoms with Gasteiger partial charge in [-0.05, 0) is 24.6 Å². The molecule has 0 saturated heterocycles. The minimum absolute atomic E-state index is 0.0543. The summed E-state index contributed by atoms with van der Waals surface area (Å²) in [5.41, 5.74) is 0.942. The van der Waals surface area contributed by atoms with E-state index in [4.69, 9.17) is 9.84 Å². The van der Waals surface area contributed by atoms with E-state index in [2.05, 4.69) is 0 Å². The van der Waals surface area contributed by atoms with Crippen molar-refractivity contribution < 1.29 is 19.3 Å². The summed E-state index contributed by atoms with van der Waals surface area (Å²) in [4.78, 5) is 1.71. The number of benzene rings is 1. The first kappa shape index (κ1) is 14.9. The second-order valence-electron chi connectivity index (χ2n) is 4.09. The first-order chi connectivity index (χ1) is 8.60. The van der Waals surface area contributed by atoms with E-state index in [9.17, 15) is 9.50 Å². The molecule has 18 heavy (non-hydrogen) atoms. The summed E-state index contributed by atoms with van der Waals surface area (Å²) >= 11 is 0. The lowest BCUT2D eigenvalue weighted by Gasteiger charge is -2.24. The first-order valence-corrected chi connectivity index (χ1v) is 5.92. The summed E-state index contributed by atoms with van der Waals surface area (Å²) in [6.45, 7) is 2.83. The highest BCUT2D eigenvalue weighted by atomic mass is 19.1. The van der Waals surface area contributed by atoms with E-state index in [1.54, 1.807) is 31.1 Å². The van der Waals surface area contributed by atoms with Crippen LogP contribution in [-0.2, 0) is 4.74 Å². The van der Waals surface area contributed by atoms with E-state index in [0.29, 0.717) is 30.9 Å². The van der Waals surface area contributed by atoms with Crippen molar-refractivity contribution in [2.24, 2.45) is 0 Å². The molecule has 4 nitrogen and oxygen atoms in total. The Labute approximate surface area is 107 Å². The Kier molecular flexibility index (Phi) is 6.04. The minimum Gasteiger partial charge on any atom is -0.395 e. The number of rotatable bonds is 7. The molecule has 2 N–H and O–H groups in total. The molecule has 102 valence electrons. The molecular formula is C13H20FNO3. The van der Waals surface area contributed by atoms with E-state index in [1.807, 2.05) is 0 Å². The molecule has 0 fully saturated rings. The van der Waals surface area contributed by atoms with Crippen LogP contribution in [0.3, 0.4) is 0 Å². The molecule has 1 aromatic rings. The van der Waals surface area contributed by atoms with E-state index in [1.165, 1.54) is 6.07 Å². The van der Waals surface area contributed by atoms with Crippen LogP contribution in [0.5, 0.6) is 0 Å². The van der Waals surface area contributed by atoms with E-state index >= 15 is 0 Å². The highest BCUT2D eigenvalue weighted by molar-refractivity contribution is 5.49. The number of aliphatic hydroxyl groups is 2. The normalized spacial score (nSPS) is 12.5. The average molecular weight is 257 g/mol. The zero-order valence-electron chi connectivity index (χ0n) is 10.8. The second-order valence-corrected chi connectivity index (χ2v) is 4.09. The molecule has 0 aliphatic carbocycles. The standard InChI is InChI=1S/C13H20FNO3/c1-10(17)11-3-4-13(12(14)9-11)15(5-7-16)6-8-18-2/h3-4,9-10,16-17H,5-8H2,1-2H3/t10-/m0/s1. The molecule has 0 bridgehead atoms. The molecule has 1 atom stereocenters. The molecule has 0 unspecified atom stereocenters. The fourth-order valence-electron chi connectivity index (χ4n) is 1.71. The van der Waals surface area contributed by atoms with Crippen LogP contribution in [0.15, 0.2) is 18.2 Å². The van der Waals surface area contributed by atoms with Crippen LogP contribution >= 0.6 is 0 Å². The Balaban J connectivity index is 2.90. The van der Waals surface area contributed by atoms with Crippen molar-refractivity contribution in [1.82, 2.24) is 0 Å². The van der Waals surface area contributed by atoms with E-state index < -0.39 is 11.9 Å². The van der Waals surface area contributed by atoms with Crippen LogP contribution in [0.4, 0.5) is 10.1 Å². The molecule has 0 aliphatic rings. The summed E-state index contributed by atoms with van der Waals surface area (Å²) in [6, 6.07) is 4.61. The maximum absolute atomic E-state index is 13.9. The van der Waals surface area contributed by atoms with Crippen LogP contribution in [0, 0.1) is 5.82 Å². The number of aliphatic hydroxyl groups excluding tert-OH is 2. The molecule has 0 saturated carbocycles. The Hall–Kier alpha value is -1.17. The van der Waals surface area contributed by atoms with Gasteiger partial charge in [-0.25, -0.2) is 4.39 Å². The van der Waals surface area contributed by atoms with Crippen LogP contribution in [-0.4, -0.2) is 43.6 Å². The maximum Gasteiger partial charge on any atom is 0.146 e. The number of anilines is 1. The van der Waals surface area contributed by atoms with Crippen molar-refractivity contribution in [1.29, 1.82) is 0 Å². The molecule has 0 aromatic heterocycles. The molecule has 0 heterocycles. The Morgan fingerprint density at radius 3 is 2.61 bits per heavy atom. The fourth-order valence-corrected chi connectivity index (χ4v) is 1.71. The molecule has 1 aromatic carbocycles. The molecule has 0 amide bonds. The van der Waals surface area contributed by atoms with Gasteiger partial charge in [-0.1, -0.05) is 6.07 Å². The summed E-state index contributed by atoms with van der Waals surface area (Å²) in [6.07, 6.45) is -0.696. The van der Waals surface area contributed by atoms with E-state index in [-0.39, 0.29) is 6.61 Å². The van der Waals surface area contributed by atoms with Crippen LogP contribution < -0.4 is 4.90 Å². The monoisotopic (exact) mass is 257 g/mol. The van der Waals surface area contributed by atoms with Gasteiger partial charge in [-0.3, -0.25) is 0 Å². The Morgan fingerprint density at radius 1 is 1.39 bits per heavy atom. The number of halogens is 1. The predicted molar refractivity (Wildman–Crippen MR) is 68.2 cm³/mol. The zero-order chi connectivity index (χ0) is 13.5. The third kappa shape index (κ3) is 3.94. The van der Waals surface area contributed by atoms with Crippen molar-refractivity contribution in [2.75, 3.05) is 38.3 Å². The molecule has 0 spiro atoms. The number of hydrogen-bond acceptors (Lipinski definition) is 4. The minimum atomic E-state index is -0.696. The van der Waals surface area contributed by atoms with Crippen molar-refractivity contribution in [3.63, 3.8) is 0 Å². The smallest absolute Gasteiger partial charge is 0.146 e. The highest BCUT2D eigenvalue weighted by Gasteiger charge is 2.13. The number of methoxy groups -OCH3 is 1. The van der Waals surface area contributed by atoms with Crippen molar-refractivity contribution in [3.8, 4) is 0 Å². The molecule has 5 heteroatoms. The summed E-state index contributed by atoms with van der Waals surface area (Å²) in [5.74, 6) is -0.405. The quantitative estimate of drug-likeness (QED) is 0.773. The van der Waals surface area contributed by atoms with Gasteiger partial charge in [0.2, 0.25) is 0 Å². The predicted octanol–water partition coefficient (Wildman–Crippen LogP) is 1.32. The van der Waals surface area contributed by atoms with Crippen molar-refractivity contribution in [3.05, 3.63) is 29.6 Å². The van der Waals surface area contributed by atoms with Gasteiger partial charge in [0.15, 0.2) is 0 Å². The van der Waals surface area contributed by atoms with Crippen LogP contribution in [0.25, 0.3) is 0 Å². The second kappa shape index (κ2) is 7.31.